The van der Waals surface area contributed by atoms with Crippen molar-refractivity contribution in [1.29, 1.82) is 0 Å². The molecule has 1 aromatic carbocycles. The van der Waals surface area contributed by atoms with Crippen LogP contribution in [0.2, 0.25) is 0 Å². The SMILES string of the molecule is COc1ccc(-c2ccc3nnc(C4CCCCN4)n3n2)cc1OC. The van der Waals surface area contributed by atoms with E-state index in [1.165, 1.54) is 12.8 Å². The monoisotopic (exact) mass is 339 g/mol. The number of fused-ring (bicyclic) bond motifs is 1. The number of rotatable bonds is 4. The molecule has 1 fully saturated rings. The second-order valence-electron chi connectivity index (χ2n) is 6.12. The molecule has 7 heteroatoms. The van der Waals surface area contributed by atoms with Crippen LogP contribution in [-0.2, 0) is 0 Å². The van der Waals surface area contributed by atoms with Gasteiger partial charge in [0.1, 0.15) is 0 Å². The molecule has 7 nitrogen and oxygen atoms in total. The second kappa shape index (κ2) is 6.68. The summed E-state index contributed by atoms with van der Waals surface area (Å²) in [5.41, 5.74) is 2.55. The largest absolute Gasteiger partial charge is 0.493 e. The summed E-state index contributed by atoms with van der Waals surface area (Å²) in [5, 5.41) is 16.9. The number of benzene rings is 1. The fourth-order valence-electron chi connectivity index (χ4n) is 3.24. The van der Waals surface area contributed by atoms with Crippen LogP contribution in [0.1, 0.15) is 31.1 Å². The molecule has 1 atom stereocenters. The Morgan fingerprint density at radius 3 is 2.68 bits per heavy atom. The average molecular weight is 339 g/mol. The second-order valence-corrected chi connectivity index (χ2v) is 6.12. The van der Waals surface area contributed by atoms with Gasteiger partial charge in [-0.1, -0.05) is 6.42 Å². The Bertz CT molecular complexity index is 886. The highest BCUT2D eigenvalue weighted by Gasteiger charge is 2.21. The Morgan fingerprint density at radius 1 is 1.04 bits per heavy atom. The first kappa shape index (κ1) is 15.8. The number of aromatic nitrogens is 4. The van der Waals surface area contributed by atoms with Crippen molar-refractivity contribution < 1.29 is 9.47 Å². The van der Waals surface area contributed by atoms with Crippen LogP contribution < -0.4 is 14.8 Å². The average Bonchev–Trinajstić information content (AvgIpc) is 3.11. The summed E-state index contributed by atoms with van der Waals surface area (Å²) in [5.74, 6) is 2.25. The van der Waals surface area contributed by atoms with E-state index in [1.54, 1.807) is 14.2 Å². The molecule has 1 N–H and O–H groups in total. The van der Waals surface area contributed by atoms with Gasteiger partial charge < -0.3 is 14.8 Å². The zero-order valence-corrected chi connectivity index (χ0v) is 14.4. The highest BCUT2D eigenvalue weighted by Crippen LogP contribution is 2.31. The van der Waals surface area contributed by atoms with Gasteiger partial charge in [-0.15, -0.1) is 10.2 Å². The van der Waals surface area contributed by atoms with Gasteiger partial charge in [-0.05, 0) is 49.7 Å². The molecule has 0 saturated carbocycles. The molecule has 0 aliphatic carbocycles. The van der Waals surface area contributed by atoms with Gasteiger partial charge in [0.25, 0.3) is 0 Å². The van der Waals surface area contributed by atoms with Gasteiger partial charge in [-0.3, -0.25) is 0 Å². The number of nitrogens with one attached hydrogen (secondary N) is 1. The third-order valence-electron chi connectivity index (χ3n) is 4.59. The molecule has 4 rings (SSSR count). The molecule has 1 unspecified atom stereocenters. The minimum Gasteiger partial charge on any atom is -0.493 e. The summed E-state index contributed by atoms with van der Waals surface area (Å²) in [6.07, 6.45) is 3.46. The maximum atomic E-state index is 5.40. The van der Waals surface area contributed by atoms with Crippen molar-refractivity contribution in [2.45, 2.75) is 25.3 Å². The van der Waals surface area contributed by atoms with Gasteiger partial charge in [0.2, 0.25) is 0 Å². The van der Waals surface area contributed by atoms with E-state index in [1.807, 2.05) is 34.8 Å². The Labute approximate surface area is 146 Å². The number of hydrogen-bond acceptors (Lipinski definition) is 6. The number of methoxy groups -OCH3 is 2. The first-order valence-electron chi connectivity index (χ1n) is 8.48. The number of ether oxygens (including phenoxy) is 2. The van der Waals surface area contributed by atoms with Crippen molar-refractivity contribution in [3.05, 3.63) is 36.2 Å². The van der Waals surface area contributed by atoms with Crippen molar-refractivity contribution in [1.82, 2.24) is 25.1 Å². The number of nitrogens with zero attached hydrogens (tertiary/aromatic N) is 4. The van der Waals surface area contributed by atoms with Gasteiger partial charge >= 0.3 is 0 Å². The first-order valence-corrected chi connectivity index (χ1v) is 8.48. The molecular weight excluding hydrogens is 318 g/mol. The van der Waals surface area contributed by atoms with Crippen LogP contribution in [0.3, 0.4) is 0 Å². The zero-order chi connectivity index (χ0) is 17.2. The van der Waals surface area contributed by atoms with E-state index >= 15 is 0 Å². The van der Waals surface area contributed by atoms with E-state index in [0.717, 1.165) is 35.7 Å². The van der Waals surface area contributed by atoms with Gasteiger partial charge in [0.15, 0.2) is 23.0 Å². The van der Waals surface area contributed by atoms with E-state index in [0.29, 0.717) is 11.5 Å². The first-order chi connectivity index (χ1) is 12.3. The molecule has 0 spiro atoms. The molecule has 0 radical (unpaired) electrons. The smallest absolute Gasteiger partial charge is 0.178 e. The topological polar surface area (TPSA) is 73.6 Å². The zero-order valence-electron chi connectivity index (χ0n) is 14.4. The van der Waals surface area contributed by atoms with Crippen LogP contribution >= 0.6 is 0 Å². The molecule has 130 valence electrons. The van der Waals surface area contributed by atoms with Crippen molar-refractivity contribution in [3.8, 4) is 22.8 Å². The van der Waals surface area contributed by atoms with Gasteiger partial charge in [0, 0.05) is 5.56 Å². The maximum absolute atomic E-state index is 5.40. The highest BCUT2D eigenvalue weighted by molar-refractivity contribution is 5.64. The summed E-state index contributed by atoms with van der Waals surface area (Å²) in [7, 11) is 3.26. The molecule has 1 aliphatic rings. The minimum atomic E-state index is 0.205. The Kier molecular flexibility index (Phi) is 4.23. The third-order valence-corrected chi connectivity index (χ3v) is 4.59. The summed E-state index contributed by atoms with van der Waals surface area (Å²) < 4.78 is 12.5. The molecule has 1 saturated heterocycles. The van der Waals surface area contributed by atoms with E-state index < -0.39 is 0 Å². The molecule has 0 bridgehead atoms. The van der Waals surface area contributed by atoms with Crippen LogP contribution in [-0.4, -0.2) is 40.6 Å². The van der Waals surface area contributed by atoms with Gasteiger partial charge in [-0.2, -0.15) is 9.61 Å². The number of piperidine rings is 1. The molecule has 2 aromatic heterocycles. The maximum Gasteiger partial charge on any atom is 0.178 e. The fourth-order valence-corrected chi connectivity index (χ4v) is 3.24. The normalized spacial score (nSPS) is 17.6. The third kappa shape index (κ3) is 2.91. The van der Waals surface area contributed by atoms with E-state index in [9.17, 15) is 0 Å². The van der Waals surface area contributed by atoms with Crippen molar-refractivity contribution in [3.63, 3.8) is 0 Å². The summed E-state index contributed by atoms with van der Waals surface area (Å²) >= 11 is 0. The molecule has 3 aromatic rings. The Hall–Kier alpha value is -2.67. The quantitative estimate of drug-likeness (QED) is 0.788. The van der Waals surface area contributed by atoms with E-state index in [2.05, 4.69) is 15.5 Å². The minimum absolute atomic E-state index is 0.205. The lowest BCUT2D eigenvalue weighted by atomic mass is 10.0. The van der Waals surface area contributed by atoms with E-state index in [-0.39, 0.29) is 6.04 Å². The highest BCUT2D eigenvalue weighted by atomic mass is 16.5. The van der Waals surface area contributed by atoms with Crippen molar-refractivity contribution in [2.75, 3.05) is 20.8 Å². The lowest BCUT2D eigenvalue weighted by Gasteiger charge is -2.21. The predicted octanol–water partition coefficient (Wildman–Crippen LogP) is 2.62. The Balaban J connectivity index is 1.75. The molecular formula is C18H21N5O2. The lowest BCUT2D eigenvalue weighted by molar-refractivity contribution is 0.355. The predicted molar refractivity (Wildman–Crippen MR) is 93.9 cm³/mol. The number of hydrogen-bond donors (Lipinski definition) is 1. The van der Waals surface area contributed by atoms with Crippen LogP contribution in [0, 0.1) is 0 Å². The fraction of sp³-hybridized carbons (Fsp3) is 0.389. The van der Waals surface area contributed by atoms with Crippen LogP contribution in [0.4, 0.5) is 0 Å². The lowest BCUT2D eigenvalue weighted by Crippen LogP contribution is -2.28. The summed E-state index contributed by atoms with van der Waals surface area (Å²) in [6.45, 7) is 1.01. The molecule has 0 amide bonds. The van der Waals surface area contributed by atoms with Gasteiger partial charge in [0.05, 0.1) is 26.0 Å². The summed E-state index contributed by atoms with van der Waals surface area (Å²) in [6, 6.07) is 9.88. The Morgan fingerprint density at radius 2 is 1.92 bits per heavy atom. The van der Waals surface area contributed by atoms with Crippen LogP contribution in [0.25, 0.3) is 16.9 Å². The molecule has 1 aliphatic heterocycles. The van der Waals surface area contributed by atoms with Crippen molar-refractivity contribution in [2.24, 2.45) is 0 Å². The standard InChI is InChI=1S/C18H21N5O2/c1-24-15-8-6-12(11-16(15)25-2)13-7-9-17-20-21-18(23(17)22-13)14-5-3-4-10-19-14/h6-9,11,14,19H,3-5,10H2,1-2H3. The van der Waals surface area contributed by atoms with Crippen molar-refractivity contribution >= 4 is 5.65 Å². The van der Waals surface area contributed by atoms with E-state index in [4.69, 9.17) is 14.6 Å². The van der Waals surface area contributed by atoms with Crippen LogP contribution in [0.15, 0.2) is 30.3 Å². The summed E-state index contributed by atoms with van der Waals surface area (Å²) in [4.78, 5) is 0. The molecule has 3 heterocycles. The molecule has 25 heavy (non-hydrogen) atoms. The van der Waals surface area contributed by atoms with Gasteiger partial charge in [-0.25, -0.2) is 0 Å². The van der Waals surface area contributed by atoms with Crippen LogP contribution in [0.5, 0.6) is 11.5 Å².